The van der Waals surface area contributed by atoms with Crippen molar-refractivity contribution in [1.29, 1.82) is 0 Å². The third-order valence-electron chi connectivity index (χ3n) is 14.3. The summed E-state index contributed by atoms with van der Waals surface area (Å²) in [6, 6.07) is 36.7. The Balaban J connectivity index is 1.07. The molecular formula is C67H71O11P3. The molecule has 0 aromatic heterocycles. The number of aromatic hydroxyl groups is 1. The molecule has 2 aliphatic rings. The van der Waals surface area contributed by atoms with Crippen molar-refractivity contribution in [2.45, 2.75) is 113 Å². The number of fused-ring (bicyclic) bond motifs is 2. The second kappa shape index (κ2) is 21.7. The summed E-state index contributed by atoms with van der Waals surface area (Å²) < 4.78 is 60.4. The molecule has 81 heavy (non-hydrogen) atoms. The van der Waals surface area contributed by atoms with E-state index < -0.39 is 36.6 Å². The zero-order valence-corrected chi connectivity index (χ0v) is 51.5. The summed E-state index contributed by atoms with van der Waals surface area (Å²) in [7, 11) is -5.35. The van der Waals surface area contributed by atoms with Crippen LogP contribution in [0.25, 0.3) is 49.5 Å². The Hall–Kier alpha value is -6.99. The number of phenols is 1. The molecule has 8 aromatic carbocycles. The van der Waals surface area contributed by atoms with Crippen LogP contribution in [-0.4, -0.2) is 17.1 Å². The lowest BCUT2D eigenvalue weighted by Crippen LogP contribution is -2.17. The van der Waals surface area contributed by atoms with Gasteiger partial charge < -0.3 is 50.9 Å². The van der Waals surface area contributed by atoms with E-state index in [2.05, 4.69) is 127 Å². The fraction of sp³-hybridized carbons (Fsp3) is 0.284. The second-order valence-electron chi connectivity index (χ2n) is 24.8. The van der Waals surface area contributed by atoms with E-state index in [1.54, 1.807) is 25.3 Å². The Labute approximate surface area is 480 Å². The van der Waals surface area contributed by atoms with E-state index in [9.17, 15) is 10.00 Å². The van der Waals surface area contributed by atoms with Gasteiger partial charge in [-0.25, -0.2) is 0 Å². The van der Waals surface area contributed by atoms with Crippen LogP contribution in [0, 0.1) is 12.3 Å². The van der Waals surface area contributed by atoms with Crippen LogP contribution in [0.5, 0.6) is 57.5 Å². The molecule has 2 aliphatic heterocycles. The van der Waals surface area contributed by atoms with Crippen LogP contribution < -0.4 is 40.9 Å². The van der Waals surface area contributed by atoms with Crippen LogP contribution in [0.1, 0.15) is 118 Å². The van der Waals surface area contributed by atoms with E-state index in [-0.39, 0.29) is 16.6 Å². The molecule has 2 unspecified atom stereocenters. The molecular weight excluding hydrogens is 1070 g/mol. The molecule has 0 aliphatic carbocycles. The number of rotatable bonds is 13. The molecule has 8 aromatic rings. The standard InChI is InChI=1S/C67H71O11P3/c1-17-39(2)31-45(64(4,5)6)34-44-30-40(3)32-50(65(7,8)9)60(44)75-79(69)71-55-28-20-24-42-33-43-25-21-29-56-59(43)63(58(42)55)78-81(74-56)77-62-49(37-47(70-16)38-52(62)67(13,14)15)48-35-46(68)36-51(66(10,11)12)61(48)76-80-72-53-26-18-22-41-23-19-27-54(73-80)57(41)53/h17-38,68-69H,1H2,2-16H3/b39-31-,45-34+. The van der Waals surface area contributed by atoms with Gasteiger partial charge in [-0.15, -0.1) is 0 Å². The first kappa shape index (κ1) is 57.3. The smallest absolute Gasteiger partial charge is 0.508 e. The molecule has 0 bridgehead atoms. The molecule has 2 N–H and O–H groups in total. The van der Waals surface area contributed by atoms with Gasteiger partial charge in [0.25, 0.3) is 0 Å². The van der Waals surface area contributed by atoms with Gasteiger partial charge in [0, 0.05) is 33.4 Å². The quantitative estimate of drug-likeness (QED) is 0.0652. The molecule has 11 nitrogen and oxygen atoms in total. The van der Waals surface area contributed by atoms with Gasteiger partial charge in [0.15, 0.2) is 5.75 Å². The van der Waals surface area contributed by atoms with Crippen LogP contribution in [0.4, 0.5) is 0 Å². The maximum Gasteiger partial charge on any atom is 0.530 e. The molecule has 14 heteroatoms. The van der Waals surface area contributed by atoms with Crippen molar-refractivity contribution < 1.29 is 50.9 Å². The lowest BCUT2D eigenvalue weighted by molar-refractivity contribution is 0.370. The van der Waals surface area contributed by atoms with Gasteiger partial charge >= 0.3 is 25.8 Å². The molecule has 0 radical (unpaired) electrons. The van der Waals surface area contributed by atoms with E-state index in [1.165, 1.54) is 0 Å². The molecule has 0 saturated carbocycles. The Bertz CT molecular complexity index is 3810. The third-order valence-corrected chi connectivity index (χ3v) is 17.0. The summed E-state index contributed by atoms with van der Waals surface area (Å²) in [6.07, 6.45) is 6.12. The second-order valence-corrected chi connectivity index (χ2v) is 27.6. The molecule has 420 valence electrons. The molecule has 2 atom stereocenters. The van der Waals surface area contributed by atoms with Crippen molar-refractivity contribution in [3.05, 3.63) is 173 Å². The van der Waals surface area contributed by atoms with Crippen LogP contribution in [0.15, 0.2) is 145 Å². The number of hydrogen-bond donors (Lipinski definition) is 2. The van der Waals surface area contributed by atoms with Gasteiger partial charge in [0.1, 0.15) is 51.7 Å². The van der Waals surface area contributed by atoms with Gasteiger partial charge in [-0.3, -0.25) is 0 Å². The minimum Gasteiger partial charge on any atom is -0.508 e. The molecule has 0 fully saturated rings. The first-order valence-electron chi connectivity index (χ1n) is 27.0. The van der Waals surface area contributed by atoms with E-state index in [4.69, 9.17) is 40.9 Å². The van der Waals surface area contributed by atoms with Gasteiger partial charge in [-0.1, -0.05) is 162 Å². The molecule has 0 spiro atoms. The molecule has 0 saturated heterocycles. The first-order valence-corrected chi connectivity index (χ1v) is 30.3. The van der Waals surface area contributed by atoms with Crippen LogP contribution in [-0.2, 0) is 16.2 Å². The minimum absolute atomic E-state index is 0.0140. The van der Waals surface area contributed by atoms with Crippen molar-refractivity contribution in [3.63, 3.8) is 0 Å². The molecule has 0 amide bonds. The Morgan fingerprint density at radius 2 is 1.10 bits per heavy atom. The van der Waals surface area contributed by atoms with Gasteiger partial charge in [-0.05, 0) is 130 Å². The highest BCUT2D eigenvalue weighted by molar-refractivity contribution is 7.43. The zero-order valence-electron chi connectivity index (χ0n) is 48.8. The van der Waals surface area contributed by atoms with Gasteiger partial charge in [-0.2, -0.15) is 0 Å². The highest BCUT2D eigenvalue weighted by Gasteiger charge is 2.38. The largest absolute Gasteiger partial charge is 0.530 e. The summed E-state index contributed by atoms with van der Waals surface area (Å²) in [5.74, 6) is 4.57. The Kier molecular flexibility index (Phi) is 15.4. The average Bonchev–Trinajstić information content (AvgIpc) is 3.52. The Morgan fingerprint density at radius 1 is 0.580 bits per heavy atom. The summed E-state index contributed by atoms with van der Waals surface area (Å²) >= 11 is 0. The number of hydrogen-bond acceptors (Lipinski definition) is 11. The van der Waals surface area contributed by atoms with Gasteiger partial charge in [0.05, 0.1) is 23.3 Å². The summed E-state index contributed by atoms with van der Waals surface area (Å²) in [4.78, 5) is 12.2. The van der Waals surface area contributed by atoms with E-state index >= 15 is 0 Å². The average molecular weight is 1150 g/mol. The summed E-state index contributed by atoms with van der Waals surface area (Å²) in [5, 5.41) is 16.5. The van der Waals surface area contributed by atoms with E-state index in [0.717, 1.165) is 54.9 Å². The topological polar surface area (TPSA) is 124 Å². The number of ether oxygens (including phenoxy) is 1. The monoisotopic (exact) mass is 1140 g/mol. The fourth-order valence-electron chi connectivity index (χ4n) is 10.1. The number of aryl methyl sites for hydroxylation is 1. The van der Waals surface area contributed by atoms with Crippen LogP contribution in [0.3, 0.4) is 0 Å². The lowest BCUT2D eigenvalue weighted by atomic mass is 9.81. The highest BCUT2D eigenvalue weighted by Crippen LogP contribution is 2.61. The van der Waals surface area contributed by atoms with Crippen LogP contribution in [0.2, 0.25) is 0 Å². The number of methoxy groups -OCH3 is 1. The lowest BCUT2D eigenvalue weighted by Gasteiger charge is -2.32. The SMILES string of the molecule is C=C/C(C)=C\C(=C/c1cc(C)cc(C(C)(C)C)c1OP(O)Oc1cccc2cc3cccc4c3c(c12)OP(Oc1c(-c2cc(O)cc(C(C)(C)C)c2OP2Oc3cccc5cccc(c35)O2)cc(OC)cc1C(C)(C)C)O4)C(C)(C)C. The maximum atomic E-state index is 12.2. The minimum atomic E-state index is -2.60. The predicted molar refractivity (Wildman–Crippen MR) is 332 cm³/mol. The fourth-order valence-corrected chi connectivity index (χ4v) is 13.0. The van der Waals surface area contributed by atoms with Crippen molar-refractivity contribution >= 4 is 64.2 Å². The maximum absolute atomic E-state index is 12.2. The highest BCUT2D eigenvalue weighted by atomic mass is 31.2. The first-order chi connectivity index (χ1) is 38.2. The van der Waals surface area contributed by atoms with Crippen molar-refractivity contribution in [2.75, 3.05) is 7.11 Å². The number of allylic oxidation sites excluding steroid dienone is 4. The Morgan fingerprint density at radius 3 is 1.67 bits per heavy atom. The van der Waals surface area contributed by atoms with E-state index in [0.29, 0.717) is 79.2 Å². The molecule has 2 heterocycles. The van der Waals surface area contributed by atoms with Crippen LogP contribution >= 0.6 is 25.8 Å². The number of phenolic OH excluding ortho intramolecular Hbond substituents is 1. The van der Waals surface area contributed by atoms with Crippen molar-refractivity contribution in [2.24, 2.45) is 5.41 Å². The van der Waals surface area contributed by atoms with Crippen molar-refractivity contribution in [3.8, 4) is 68.6 Å². The van der Waals surface area contributed by atoms with E-state index in [1.807, 2.05) is 91.9 Å². The zero-order chi connectivity index (χ0) is 58.1. The third kappa shape index (κ3) is 11.7. The van der Waals surface area contributed by atoms with Gasteiger partial charge in [0.2, 0.25) is 0 Å². The van der Waals surface area contributed by atoms with Crippen molar-refractivity contribution in [1.82, 2.24) is 0 Å². The normalized spacial score (nSPS) is 15.3. The summed E-state index contributed by atoms with van der Waals surface area (Å²) in [5.41, 5.74) is 5.74. The summed E-state index contributed by atoms with van der Waals surface area (Å²) in [6.45, 7) is 33.5. The number of benzene rings is 8. The molecule has 10 rings (SSSR count). The predicted octanol–water partition coefficient (Wildman–Crippen LogP) is 20.1.